The van der Waals surface area contributed by atoms with Gasteiger partial charge in [0.2, 0.25) is 0 Å². The molecule has 0 saturated carbocycles. The molecule has 0 unspecified atom stereocenters. The van der Waals surface area contributed by atoms with E-state index in [-0.39, 0.29) is 29.6 Å². The summed E-state index contributed by atoms with van der Waals surface area (Å²) in [6.45, 7) is 0. The van der Waals surface area contributed by atoms with Crippen molar-refractivity contribution in [3.63, 3.8) is 0 Å². The Hall–Kier alpha value is 1.06. The van der Waals surface area contributed by atoms with Crippen LogP contribution in [0, 0.1) is 0 Å². The van der Waals surface area contributed by atoms with Crippen molar-refractivity contribution in [2.24, 2.45) is 0 Å². The van der Waals surface area contributed by atoms with Crippen molar-refractivity contribution in [3.05, 3.63) is 0 Å². The van der Waals surface area contributed by atoms with E-state index in [1.165, 1.54) is 0 Å². The molecule has 0 heterocycles. The topological polar surface area (TPSA) is 37.3 Å². The Morgan fingerprint density at radius 1 is 1.75 bits per heavy atom. The molecule has 0 spiro atoms. The summed E-state index contributed by atoms with van der Waals surface area (Å²) in [5.74, 6) is 0. The van der Waals surface area contributed by atoms with Gasteiger partial charge >= 0.3 is 38.2 Å². The zero-order valence-electron chi connectivity index (χ0n) is 1.30. The Morgan fingerprint density at radius 2 is 1.75 bits per heavy atom. The van der Waals surface area contributed by atoms with Gasteiger partial charge in [-0.2, -0.15) is 0 Å². The Kier molecular flexibility index (Phi) is 19.9. The fourth-order valence-electron chi connectivity index (χ4n) is 0. The summed E-state index contributed by atoms with van der Waals surface area (Å²) in [4.78, 5) is 6.99. The van der Waals surface area contributed by atoms with Crippen molar-refractivity contribution in [2.75, 3.05) is 0 Å². The monoisotopic (exact) mass is 88.0 g/mol. The summed E-state index contributed by atoms with van der Waals surface area (Å²) in [7, 11) is -0.833. The molecule has 4 heteroatoms. The fourth-order valence-corrected chi connectivity index (χ4v) is 0. The molecule has 0 bridgehead atoms. The molecule has 0 fully saturated rings. The number of hydrogen-bond acceptors (Lipinski definition) is 1. The molecule has 0 aliphatic rings. The van der Waals surface area contributed by atoms with Gasteiger partial charge in [-0.05, 0) is 0 Å². The molecule has 0 aromatic heterocycles. The van der Waals surface area contributed by atoms with E-state index in [1.807, 2.05) is 0 Å². The quantitative estimate of drug-likeness (QED) is 0.321. The summed E-state index contributed by atoms with van der Waals surface area (Å²) >= 11 is 0. The minimum absolute atomic E-state index is 0. The van der Waals surface area contributed by atoms with E-state index in [9.17, 15) is 0 Å². The van der Waals surface area contributed by atoms with E-state index in [0.717, 1.165) is 0 Å². The number of rotatable bonds is 0. The normalized spacial score (nSPS) is 5.25. The first kappa shape index (κ1) is 8.91. The van der Waals surface area contributed by atoms with Gasteiger partial charge in [-0.25, -0.2) is 4.57 Å². The second-order valence-corrected chi connectivity index (χ2v) is 0.245. The molecule has 4 heavy (non-hydrogen) atoms. The molecule has 0 saturated heterocycles. The standard InChI is InChI=1S/Na.HO2P.H/c;1-3-2;/h;(H,1,2);. The molecule has 0 aliphatic carbocycles. The van der Waals surface area contributed by atoms with E-state index < -0.39 is 8.69 Å². The molecule has 0 aromatic rings. The van der Waals surface area contributed by atoms with E-state index >= 15 is 0 Å². The SMILES string of the molecule is O=PO.[NaH]. The van der Waals surface area contributed by atoms with Crippen molar-refractivity contribution < 1.29 is 9.46 Å². The van der Waals surface area contributed by atoms with Crippen LogP contribution in [0.3, 0.4) is 0 Å². The predicted octanol–water partition coefficient (Wildman–Crippen LogP) is -0.463. The summed E-state index contributed by atoms with van der Waals surface area (Å²) < 4.78 is 8.46. The Labute approximate surface area is 47.8 Å². The molecule has 0 aliphatic heterocycles. The first-order valence-corrected chi connectivity index (χ1v) is 1.15. The van der Waals surface area contributed by atoms with E-state index in [4.69, 9.17) is 9.46 Å². The van der Waals surface area contributed by atoms with Gasteiger partial charge in [0.05, 0.1) is 0 Å². The Morgan fingerprint density at radius 3 is 1.75 bits per heavy atom. The molecule has 0 amide bonds. The second kappa shape index (κ2) is 8.96. The molecule has 0 aromatic carbocycles. The van der Waals surface area contributed by atoms with Gasteiger partial charge in [0, 0.05) is 0 Å². The maximum atomic E-state index is 8.46. The van der Waals surface area contributed by atoms with Crippen LogP contribution in [0.15, 0.2) is 0 Å². The van der Waals surface area contributed by atoms with Crippen molar-refractivity contribution in [2.45, 2.75) is 0 Å². The summed E-state index contributed by atoms with van der Waals surface area (Å²) in [6, 6.07) is 0. The minimum atomic E-state index is -0.833. The molecule has 20 valence electrons. The van der Waals surface area contributed by atoms with Crippen LogP contribution in [0.5, 0.6) is 0 Å². The van der Waals surface area contributed by atoms with Crippen molar-refractivity contribution in [1.82, 2.24) is 0 Å². The molecular formula is H2NaO2P. The van der Waals surface area contributed by atoms with Crippen molar-refractivity contribution >= 4 is 38.2 Å². The molecule has 1 N–H and O–H groups in total. The van der Waals surface area contributed by atoms with Gasteiger partial charge in [-0.1, -0.05) is 0 Å². The predicted molar refractivity (Wildman–Crippen MR) is 17.0 cm³/mol. The van der Waals surface area contributed by atoms with Gasteiger partial charge < -0.3 is 4.89 Å². The zero-order chi connectivity index (χ0) is 2.71. The van der Waals surface area contributed by atoms with Crippen LogP contribution < -0.4 is 0 Å². The molecule has 2 nitrogen and oxygen atoms in total. The summed E-state index contributed by atoms with van der Waals surface area (Å²) in [5, 5.41) is 0. The van der Waals surface area contributed by atoms with E-state index in [1.54, 1.807) is 0 Å². The van der Waals surface area contributed by atoms with Crippen LogP contribution in [0.25, 0.3) is 0 Å². The van der Waals surface area contributed by atoms with Gasteiger partial charge in [-0.15, -0.1) is 0 Å². The third kappa shape index (κ3) is 11.6. The van der Waals surface area contributed by atoms with Crippen LogP contribution in [-0.4, -0.2) is 34.5 Å². The van der Waals surface area contributed by atoms with Gasteiger partial charge in [-0.3, -0.25) is 0 Å². The summed E-state index contributed by atoms with van der Waals surface area (Å²) in [6.07, 6.45) is 0. The first-order valence-electron chi connectivity index (χ1n) is 0.383. The molecule has 0 atom stereocenters. The number of hydrogen-bond donors (Lipinski definition) is 1. The Bertz CT molecular complexity index is 13.5. The molecular weight excluding hydrogens is 86.0 g/mol. The van der Waals surface area contributed by atoms with Gasteiger partial charge in [0.25, 0.3) is 0 Å². The van der Waals surface area contributed by atoms with Gasteiger partial charge in [0.15, 0.2) is 0 Å². The fraction of sp³-hybridized carbons (Fsp3) is 0. The third-order valence-corrected chi connectivity index (χ3v) is 0. The molecule has 0 rings (SSSR count). The van der Waals surface area contributed by atoms with Crippen LogP contribution in [0.2, 0.25) is 0 Å². The van der Waals surface area contributed by atoms with Crippen LogP contribution >= 0.6 is 8.69 Å². The second-order valence-electron chi connectivity index (χ2n) is 0.0816. The van der Waals surface area contributed by atoms with Crippen LogP contribution in [0.4, 0.5) is 0 Å². The summed E-state index contributed by atoms with van der Waals surface area (Å²) in [5.41, 5.74) is 0. The van der Waals surface area contributed by atoms with E-state index in [0.29, 0.717) is 0 Å². The average Bonchev–Trinajstić information content (AvgIpc) is 0.918. The third-order valence-electron chi connectivity index (χ3n) is 0. The average molecular weight is 88.0 g/mol. The Balaban J connectivity index is 0. The van der Waals surface area contributed by atoms with E-state index in [2.05, 4.69) is 0 Å². The van der Waals surface area contributed by atoms with Gasteiger partial charge in [0.1, 0.15) is 0 Å². The maximum absolute atomic E-state index is 8.46. The van der Waals surface area contributed by atoms with Crippen LogP contribution in [-0.2, 0) is 4.57 Å². The van der Waals surface area contributed by atoms with Crippen molar-refractivity contribution in [3.8, 4) is 0 Å². The van der Waals surface area contributed by atoms with Crippen LogP contribution in [0.1, 0.15) is 0 Å². The first-order chi connectivity index (χ1) is 1.41. The zero-order valence-corrected chi connectivity index (χ0v) is 2.20. The molecule has 0 radical (unpaired) electrons. The van der Waals surface area contributed by atoms with Crippen molar-refractivity contribution in [1.29, 1.82) is 0 Å².